The number of hydrogen-bond acceptors (Lipinski definition) is 3. The molecule has 0 spiro atoms. The average Bonchev–Trinajstić information content (AvgIpc) is 2.65. The standard InChI is InChI=1S/C19H17BrClF3N2O3/c20-13-5-8-16(15(21)10-13)29-9-1-2-17(27)25-11-12-3-6-14(7-4-12)26-18(28)19(22,23)24/h3-8,10H,1-2,9,11H2,(H,25,27)(H,26,28). The Labute approximate surface area is 178 Å². The lowest BCUT2D eigenvalue weighted by Crippen LogP contribution is -2.29. The predicted octanol–water partition coefficient (Wildman–Crippen LogP) is 5.08. The van der Waals surface area contributed by atoms with E-state index < -0.39 is 12.1 Å². The molecule has 2 aromatic rings. The van der Waals surface area contributed by atoms with Crippen molar-refractivity contribution in [2.24, 2.45) is 0 Å². The van der Waals surface area contributed by atoms with E-state index in [-0.39, 0.29) is 24.6 Å². The van der Waals surface area contributed by atoms with E-state index in [9.17, 15) is 22.8 Å². The van der Waals surface area contributed by atoms with Crippen molar-refractivity contribution in [2.45, 2.75) is 25.6 Å². The van der Waals surface area contributed by atoms with Crippen molar-refractivity contribution >= 4 is 45.0 Å². The summed E-state index contributed by atoms with van der Waals surface area (Å²) >= 11 is 9.34. The summed E-state index contributed by atoms with van der Waals surface area (Å²) in [5.74, 6) is -1.69. The molecule has 10 heteroatoms. The van der Waals surface area contributed by atoms with Gasteiger partial charge < -0.3 is 15.4 Å². The van der Waals surface area contributed by atoms with Crippen LogP contribution in [0.3, 0.4) is 0 Å². The lowest BCUT2D eigenvalue weighted by atomic mass is 10.2. The van der Waals surface area contributed by atoms with Crippen LogP contribution in [0.5, 0.6) is 5.75 Å². The van der Waals surface area contributed by atoms with Gasteiger partial charge >= 0.3 is 12.1 Å². The normalized spacial score (nSPS) is 11.1. The van der Waals surface area contributed by atoms with Gasteiger partial charge in [-0.2, -0.15) is 13.2 Å². The zero-order valence-electron chi connectivity index (χ0n) is 15.0. The van der Waals surface area contributed by atoms with E-state index in [0.29, 0.717) is 29.4 Å². The van der Waals surface area contributed by atoms with E-state index in [2.05, 4.69) is 21.2 Å². The summed E-state index contributed by atoms with van der Waals surface area (Å²) in [4.78, 5) is 22.8. The SMILES string of the molecule is O=C(CCCOc1ccc(Br)cc1Cl)NCc1ccc(NC(=O)C(F)(F)F)cc1. The van der Waals surface area contributed by atoms with E-state index in [1.165, 1.54) is 24.3 Å². The lowest BCUT2D eigenvalue weighted by Gasteiger charge is -2.10. The highest BCUT2D eigenvalue weighted by Gasteiger charge is 2.38. The molecule has 0 aliphatic heterocycles. The Balaban J connectivity index is 1.69. The maximum atomic E-state index is 12.2. The van der Waals surface area contributed by atoms with Crippen LogP contribution < -0.4 is 15.4 Å². The van der Waals surface area contributed by atoms with Crippen molar-refractivity contribution in [1.82, 2.24) is 5.32 Å². The molecule has 2 amide bonds. The molecule has 2 aromatic carbocycles. The van der Waals surface area contributed by atoms with Gasteiger partial charge in [0.2, 0.25) is 5.91 Å². The van der Waals surface area contributed by atoms with E-state index in [1.807, 2.05) is 0 Å². The summed E-state index contributed by atoms with van der Waals surface area (Å²) in [6.07, 6.45) is -4.21. The van der Waals surface area contributed by atoms with Crippen LogP contribution in [0.25, 0.3) is 0 Å². The Morgan fingerprint density at radius 1 is 1.10 bits per heavy atom. The number of halogens is 5. The molecule has 0 fully saturated rings. The Bertz CT molecular complexity index is 861. The first-order valence-corrected chi connectivity index (χ1v) is 9.64. The summed E-state index contributed by atoms with van der Waals surface area (Å²) < 4.78 is 43.0. The fourth-order valence-electron chi connectivity index (χ4n) is 2.20. The number of benzene rings is 2. The van der Waals surface area contributed by atoms with E-state index >= 15 is 0 Å². The second-order valence-corrected chi connectivity index (χ2v) is 7.28. The molecule has 5 nitrogen and oxygen atoms in total. The van der Waals surface area contributed by atoms with Gasteiger partial charge in [-0.1, -0.05) is 39.7 Å². The summed E-state index contributed by atoms with van der Waals surface area (Å²) in [5.41, 5.74) is 0.701. The highest BCUT2D eigenvalue weighted by atomic mass is 79.9. The second kappa shape index (κ2) is 10.5. The van der Waals surface area contributed by atoms with Crippen LogP contribution >= 0.6 is 27.5 Å². The first-order valence-electron chi connectivity index (χ1n) is 8.47. The minimum Gasteiger partial charge on any atom is -0.492 e. The van der Waals surface area contributed by atoms with Crippen LogP contribution in [-0.4, -0.2) is 24.6 Å². The third kappa shape index (κ3) is 7.94. The summed E-state index contributed by atoms with van der Waals surface area (Å²) in [7, 11) is 0. The Morgan fingerprint density at radius 3 is 2.41 bits per heavy atom. The Morgan fingerprint density at radius 2 is 1.79 bits per heavy atom. The van der Waals surface area contributed by atoms with Crippen molar-refractivity contribution in [3.8, 4) is 5.75 Å². The molecule has 0 aromatic heterocycles. The molecule has 0 heterocycles. The van der Waals surface area contributed by atoms with Gasteiger partial charge in [-0.15, -0.1) is 0 Å². The minimum atomic E-state index is -4.95. The fraction of sp³-hybridized carbons (Fsp3) is 0.263. The van der Waals surface area contributed by atoms with Crippen molar-refractivity contribution in [1.29, 1.82) is 0 Å². The van der Waals surface area contributed by atoms with Gasteiger partial charge in [0.25, 0.3) is 0 Å². The highest BCUT2D eigenvalue weighted by Crippen LogP contribution is 2.27. The van der Waals surface area contributed by atoms with E-state index in [0.717, 1.165) is 4.47 Å². The number of carbonyl (C=O) groups excluding carboxylic acids is 2. The van der Waals surface area contributed by atoms with Crippen molar-refractivity contribution in [3.63, 3.8) is 0 Å². The molecule has 0 bridgehead atoms. The molecule has 2 N–H and O–H groups in total. The number of amides is 2. The van der Waals surface area contributed by atoms with Crippen molar-refractivity contribution < 1.29 is 27.5 Å². The topological polar surface area (TPSA) is 67.4 Å². The molecule has 0 unspecified atom stereocenters. The van der Waals surface area contributed by atoms with Crippen molar-refractivity contribution in [3.05, 3.63) is 57.5 Å². The smallest absolute Gasteiger partial charge is 0.471 e. The van der Waals surface area contributed by atoms with Crippen molar-refractivity contribution in [2.75, 3.05) is 11.9 Å². The minimum absolute atomic E-state index is 0.0196. The molecule has 0 atom stereocenters. The van der Waals surface area contributed by atoms with Gasteiger partial charge in [-0.25, -0.2) is 0 Å². The van der Waals surface area contributed by atoms with Gasteiger partial charge in [-0.05, 0) is 42.3 Å². The van der Waals surface area contributed by atoms with E-state index in [1.54, 1.807) is 23.5 Å². The van der Waals surface area contributed by atoms with Crippen LogP contribution in [0.2, 0.25) is 5.02 Å². The van der Waals surface area contributed by atoms with Crippen LogP contribution in [0.1, 0.15) is 18.4 Å². The largest absolute Gasteiger partial charge is 0.492 e. The van der Waals surface area contributed by atoms with Gasteiger partial charge in [0, 0.05) is 23.1 Å². The number of carbonyl (C=O) groups is 2. The maximum Gasteiger partial charge on any atom is 0.471 e. The molecule has 0 aliphatic carbocycles. The molecule has 156 valence electrons. The molecule has 0 radical (unpaired) electrons. The van der Waals surface area contributed by atoms with Gasteiger partial charge in [0.05, 0.1) is 11.6 Å². The molecule has 0 saturated carbocycles. The van der Waals surface area contributed by atoms with Crippen LogP contribution in [0.15, 0.2) is 46.9 Å². The van der Waals surface area contributed by atoms with Crippen LogP contribution in [0.4, 0.5) is 18.9 Å². The van der Waals surface area contributed by atoms with E-state index in [4.69, 9.17) is 16.3 Å². The van der Waals surface area contributed by atoms with Crippen LogP contribution in [-0.2, 0) is 16.1 Å². The average molecular weight is 494 g/mol. The fourth-order valence-corrected chi connectivity index (χ4v) is 2.93. The maximum absolute atomic E-state index is 12.2. The quantitative estimate of drug-likeness (QED) is 0.504. The Kier molecular flexibility index (Phi) is 8.33. The third-order valence-corrected chi connectivity index (χ3v) is 4.45. The number of ether oxygens (including phenoxy) is 1. The van der Waals surface area contributed by atoms with Gasteiger partial charge in [0.1, 0.15) is 5.75 Å². The lowest BCUT2D eigenvalue weighted by molar-refractivity contribution is -0.167. The summed E-state index contributed by atoms with van der Waals surface area (Å²) in [5, 5.41) is 4.93. The molecule has 0 saturated heterocycles. The molecule has 0 aliphatic rings. The first kappa shape index (κ1) is 23.0. The summed E-state index contributed by atoms with van der Waals surface area (Å²) in [6.45, 7) is 0.536. The zero-order valence-corrected chi connectivity index (χ0v) is 17.3. The van der Waals surface area contributed by atoms with Gasteiger partial charge in [-0.3, -0.25) is 9.59 Å². The number of rotatable bonds is 8. The predicted molar refractivity (Wildman–Crippen MR) is 107 cm³/mol. The molecular weight excluding hydrogens is 477 g/mol. The number of alkyl halides is 3. The number of anilines is 1. The molecule has 2 rings (SSSR count). The monoisotopic (exact) mass is 492 g/mol. The zero-order chi connectivity index (χ0) is 21.4. The highest BCUT2D eigenvalue weighted by molar-refractivity contribution is 9.10. The Hall–Kier alpha value is -2.26. The first-order chi connectivity index (χ1) is 13.6. The molecular formula is C19H17BrClF3N2O3. The van der Waals surface area contributed by atoms with Crippen LogP contribution in [0, 0.1) is 0 Å². The number of hydrogen-bond donors (Lipinski definition) is 2. The third-order valence-electron chi connectivity index (χ3n) is 3.66. The number of nitrogens with one attached hydrogen (secondary N) is 2. The second-order valence-electron chi connectivity index (χ2n) is 5.95. The van der Waals surface area contributed by atoms with Gasteiger partial charge in [0.15, 0.2) is 0 Å². The molecule has 29 heavy (non-hydrogen) atoms. The summed E-state index contributed by atoms with van der Waals surface area (Å²) in [6, 6.07) is 10.9.